The molecule has 1 aliphatic rings. The molecule has 2 heterocycles. The molecular weight excluding hydrogens is 387 g/mol. The molecule has 2 amide bonds. The molecule has 0 saturated heterocycles. The fourth-order valence-electron chi connectivity index (χ4n) is 3.50. The smallest absolute Gasteiger partial charge is 0.258 e. The first-order chi connectivity index (χ1) is 14.5. The Labute approximate surface area is 173 Å². The lowest BCUT2D eigenvalue weighted by atomic mass is 10.1. The predicted molar refractivity (Wildman–Crippen MR) is 109 cm³/mol. The second-order valence-corrected chi connectivity index (χ2v) is 7.07. The average Bonchev–Trinajstić information content (AvgIpc) is 3.18. The zero-order chi connectivity index (χ0) is 21.1. The first-order valence-corrected chi connectivity index (χ1v) is 9.60. The molecule has 6 nitrogen and oxygen atoms in total. The van der Waals surface area contributed by atoms with Gasteiger partial charge in [-0.1, -0.05) is 24.3 Å². The molecule has 30 heavy (non-hydrogen) atoms. The maximum Gasteiger partial charge on any atom is 0.258 e. The molecule has 7 heteroatoms. The molecule has 0 radical (unpaired) electrons. The van der Waals surface area contributed by atoms with Crippen molar-refractivity contribution in [3.63, 3.8) is 0 Å². The highest BCUT2D eigenvalue weighted by Gasteiger charge is 2.24. The summed E-state index contributed by atoms with van der Waals surface area (Å²) in [6, 6.07) is 14.9. The zero-order valence-corrected chi connectivity index (χ0v) is 16.5. The number of nitrogens with zero attached hydrogens (tertiary/aromatic N) is 1. The minimum Gasteiger partial charge on any atom is -0.461 e. The maximum atomic E-state index is 13.8. The molecule has 0 spiro atoms. The van der Waals surface area contributed by atoms with Crippen molar-refractivity contribution in [3.8, 4) is 11.3 Å². The van der Waals surface area contributed by atoms with E-state index in [1.54, 1.807) is 29.2 Å². The van der Waals surface area contributed by atoms with Crippen LogP contribution in [0.25, 0.3) is 11.3 Å². The molecule has 1 aromatic heterocycles. The predicted octanol–water partition coefficient (Wildman–Crippen LogP) is 3.87. The summed E-state index contributed by atoms with van der Waals surface area (Å²) in [4.78, 5) is 26.2. The Morgan fingerprint density at radius 3 is 2.80 bits per heavy atom. The van der Waals surface area contributed by atoms with Gasteiger partial charge in [-0.05, 0) is 30.3 Å². The van der Waals surface area contributed by atoms with Gasteiger partial charge in [-0.25, -0.2) is 4.39 Å². The summed E-state index contributed by atoms with van der Waals surface area (Å²) in [5, 5.41) is 2.72. The highest BCUT2D eigenvalue weighted by atomic mass is 19.1. The quantitative estimate of drug-likeness (QED) is 0.696. The lowest BCUT2D eigenvalue weighted by Gasteiger charge is -2.25. The first kappa shape index (κ1) is 19.8. The number of amides is 2. The van der Waals surface area contributed by atoms with Crippen LogP contribution >= 0.6 is 0 Å². The van der Waals surface area contributed by atoms with E-state index in [2.05, 4.69) is 5.32 Å². The molecule has 4 rings (SSSR count). The molecule has 154 valence electrons. The number of nitrogens with one attached hydrogen (secondary N) is 1. The number of methoxy groups -OCH3 is 1. The SMILES string of the molecule is COCC(=O)N1CCc2oc(-c3cccc(NC(=O)c4ccccc4F)c3)cc2C1. The number of ether oxygens (including phenoxy) is 1. The van der Waals surface area contributed by atoms with Gasteiger partial charge >= 0.3 is 0 Å². The summed E-state index contributed by atoms with van der Waals surface area (Å²) in [5.74, 6) is 0.368. The second-order valence-electron chi connectivity index (χ2n) is 7.07. The molecule has 0 bridgehead atoms. The van der Waals surface area contributed by atoms with Gasteiger partial charge in [0.2, 0.25) is 5.91 Å². The summed E-state index contributed by atoms with van der Waals surface area (Å²) in [6.45, 7) is 1.12. The van der Waals surface area contributed by atoms with Crippen LogP contribution in [-0.4, -0.2) is 37.0 Å². The minimum atomic E-state index is -0.572. The van der Waals surface area contributed by atoms with Crippen molar-refractivity contribution in [3.05, 3.63) is 77.3 Å². The molecule has 0 atom stereocenters. The minimum absolute atomic E-state index is 0.0165. The number of hydrogen-bond acceptors (Lipinski definition) is 4. The third-order valence-corrected chi connectivity index (χ3v) is 5.01. The van der Waals surface area contributed by atoms with Crippen molar-refractivity contribution in [1.29, 1.82) is 0 Å². The number of furan rings is 1. The van der Waals surface area contributed by atoms with Gasteiger partial charge in [-0.3, -0.25) is 9.59 Å². The maximum absolute atomic E-state index is 13.8. The van der Waals surface area contributed by atoms with Gasteiger partial charge in [0.05, 0.1) is 5.56 Å². The summed E-state index contributed by atoms with van der Waals surface area (Å²) in [5.41, 5.74) is 2.26. The summed E-state index contributed by atoms with van der Waals surface area (Å²) < 4.78 is 24.8. The second kappa shape index (κ2) is 8.51. The third kappa shape index (κ3) is 4.11. The summed E-state index contributed by atoms with van der Waals surface area (Å²) in [6.07, 6.45) is 0.633. The molecule has 0 saturated carbocycles. The van der Waals surface area contributed by atoms with Crippen molar-refractivity contribution in [1.82, 2.24) is 4.90 Å². The Hall–Kier alpha value is -3.45. The van der Waals surface area contributed by atoms with Gasteiger partial charge in [0, 0.05) is 43.4 Å². The number of hydrogen-bond donors (Lipinski definition) is 1. The molecule has 0 aliphatic carbocycles. The van der Waals surface area contributed by atoms with Crippen LogP contribution in [0.5, 0.6) is 0 Å². The molecule has 1 N–H and O–H groups in total. The number of carbonyl (C=O) groups is 2. The number of fused-ring (bicyclic) bond motifs is 1. The standard InChI is InChI=1S/C23H21FN2O4/c1-29-14-22(27)26-10-9-20-16(13-26)12-21(30-20)15-5-4-6-17(11-15)25-23(28)18-7-2-3-8-19(18)24/h2-8,11-12H,9-10,13-14H2,1H3,(H,25,28). The first-order valence-electron chi connectivity index (χ1n) is 9.60. The number of halogens is 1. The van der Waals surface area contributed by atoms with Crippen LogP contribution in [0, 0.1) is 5.82 Å². The van der Waals surface area contributed by atoms with E-state index in [9.17, 15) is 14.0 Å². The average molecular weight is 408 g/mol. The van der Waals surface area contributed by atoms with E-state index >= 15 is 0 Å². The Morgan fingerprint density at radius 1 is 1.17 bits per heavy atom. The summed E-state index contributed by atoms with van der Waals surface area (Å²) in [7, 11) is 1.50. The fraction of sp³-hybridized carbons (Fsp3) is 0.217. The van der Waals surface area contributed by atoms with Gasteiger partial charge in [-0.2, -0.15) is 0 Å². The van der Waals surface area contributed by atoms with E-state index in [4.69, 9.17) is 9.15 Å². The molecular formula is C23H21FN2O4. The molecule has 0 fully saturated rings. The van der Waals surface area contributed by atoms with E-state index in [0.717, 1.165) is 16.9 Å². The highest BCUT2D eigenvalue weighted by Crippen LogP contribution is 2.31. The number of rotatable bonds is 5. The monoisotopic (exact) mass is 408 g/mol. The van der Waals surface area contributed by atoms with Crippen LogP contribution in [-0.2, 0) is 22.5 Å². The normalized spacial score (nSPS) is 13.1. The van der Waals surface area contributed by atoms with Crippen LogP contribution in [0.4, 0.5) is 10.1 Å². The molecule has 3 aromatic rings. The highest BCUT2D eigenvalue weighted by molar-refractivity contribution is 6.04. The Morgan fingerprint density at radius 2 is 2.00 bits per heavy atom. The Balaban J connectivity index is 1.52. The van der Waals surface area contributed by atoms with E-state index in [1.165, 1.54) is 25.3 Å². The Kier molecular flexibility index (Phi) is 5.63. The Bertz CT molecular complexity index is 1090. The van der Waals surface area contributed by atoms with Crippen LogP contribution < -0.4 is 5.32 Å². The lowest BCUT2D eigenvalue weighted by Crippen LogP contribution is -2.37. The van der Waals surface area contributed by atoms with E-state index in [0.29, 0.717) is 31.0 Å². The number of benzene rings is 2. The summed E-state index contributed by atoms with van der Waals surface area (Å²) >= 11 is 0. The van der Waals surface area contributed by atoms with Gasteiger partial charge in [0.25, 0.3) is 5.91 Å². The van der Waals surface area contributed by atoms with Gasteiger partial charge in [0.1, 0.15) is 23.9 Å². The topological polar surface area (TPSA) is 71.8 Å². The van der Waals surface area contributed by atoms with E-state index in [1.807, 2.05) is 12.1 Å². The van der Waals surface area contributed by atoms with Crippen molar-refractivity contribution in [2.45, 2.75) is 13.0 Å². The van der Waals surface area contributed by atoms with Crippen LogP contribution in [0.3, 0.4) is 0 Å². The van der Waals surface area contributed by atoms with Gasteiger partial charge in [0.15, 0.2) is 0 Å². The third-order valence-electron chi connectivity index (χ3n) is 5.01. The zero-order valence-electron chi connectivity index (χ0n) is 16.5. The molecule has 2 aromatic carbocycles. The van der Waals surface area contributed by atoms with Crippen molar-refractivity contribution in [2.75, 3.05) is 25.6 Å². The number of anilines is 1. The van der Waals surface area contributed by atoms with Crippen molar-refractivity contribution >= 4 is 17.5 Å². The number of carbonyl (C=O) groups excluding carboxylic acids is 2. The van der Waals surface area contributed by atoms with Crippen molar-refractivity contribution < 1.29 is 23.1 Å². The van der Waals surface area contributed by atoms with Crippen LogP contribution in [0.1, 0.15) is 21.7 Å². The van der Waals surface area contributed by atoms with Gasteiger partial charge in [-0.15, -0.1) is 0 Å². The fourth-order valence-corrected chi connectivity index (χ4v) is 3.50. The molecule has 0 unspecified atom stereocenters. The lowest BCUT2D eigenvalue weighted by molar-refractivity contribution is -0.136. The largest absolute Gasteiger partial charge is 0.461 e. The van der Waals surface area contributed by atoms with Gasteiger partial charge < -0.3 is 19.4 Å². The van der Waals surface area contributed by atoms with E-state index in [-0.39, 0.29) is 18.1 Å². The van der Waals surface area contributed by atoms with Crippen LogP contribution in [0.2, 0.25) is 0 Å². The molecule has 1 aliphatic heterocycles. The van der Waals surface area contributed by atoms with Crippen molar-refractivity contribution in [2.24, 2.45) is 0 Å². The van der Waals surface area contributed by atoms with E-state index < -0.39 is 11.7 Å². The van der Waals surface area contributed by atoms with Crippen LogP contribution in [0.15, 0.2) is 59.0 Å².